The number of carbonyl (C=O) groups excluding carboxylic acids is 1. The molecule has 1 saturated heterocycles. The second-order valence-corrected chi connectivity index (χ2v) is 4.44. The molecule has 1 aromatic rings. The van der Waals surface area contributed by atoms with Crippen molar-refractivity contribution in [2.24, 2.45) is 0 Å². The lowest BCUT2D eigenvalue weighted by Crippen LogP contribution is -2.47. The SMILES string of the molecule is CCOc1ccc(CNC2CCCNC2=O)cc1. The number of benzene rings is 1. The first-order valence-corrected chi connectivity index (χ1v) is 6.52. The first-order valence-electron chi connectivity index (χ1n) is 6.52. The van der Waals surface area contributed by atoms with Gasteiger partial charge in [-0.3, -0.25) is 4.79 Å². The van der Waals surface area contributed by atoms with Gasteiger partial charge < -0.3 is 15.4 Å². The predicted octanol–water partition coefficient (Wildman–Crippen LogP) is 1.45. The lowest BCUT2D eigenvalue weighted by atomic mass is 10.1. The van der Waals surface area contributed by atoms with Crippen LogP contribution in [0.4, 0.5) is 0 Å². The van der Waals surface area contributed by atoms with Crippen LogP contribution < -0.4 is 15.4 Å². The Morgan fingerprint density at radius 2 is 2.17 bits per heavy atom. The molecule has 1 aliphatic heterocycles. The second-order valence-electron chi connectivity index (χ2n) is 4.44. The number of nitrogens with one attached hydrogen (secondary N) is 2. The molecule has 0 saturated carbocycles. The average Bonchev–Trinajstić information content (AvgIpc) is 2.40. The minimum atomic E-state index is -0.0506. The van der Waals surface area contributed by atoms with Crippen LogP contribution in [0, 0.1) is 0 Å². The van der Waals surface area contributed by atoms with Crippen molar-refractivity contribution in [2.45, 2.75) is 32.4 Å². The van der Waals surface area contributed by atoms with Crippen LogP contribution in [0.5, 0.6) is 5.75 Å². The number of hydrogen-bond acceptors (Lipinski definition) is 3. The van der Waals surface area contributed by atoms with E-state index in [1.54, 1.807) is 0 Å². The zero-order valence-corrected chi connectivity index (χ0v) is 10.7. The largest absolute Gasteiger partial charge is 0.494 e. The molecule has 18 heavy (non-hydrogen) atoms. The molecule has 4 heteroatoms. The van der Waals surface area contributed by atoms with Gasteiger partial charge >= 0.3 is 0 Å². The van der Waals surface area contributed by atoms with Crippen molar-refractivity contribution in [1.82, 2.24) is 10.6 Å². The molecule has 0 radical (unpaired) electrons. The number of amides is 1. The highest BCUT2D eigenvalue weighted by Crippen LogP contribution is 2.12. The van der Waals surface area contributed by atoms with Crippen LogP contribution in [0.25, 0.3) is 0 Å². The summed E-state index contributed by atoms with van der Waals surface area (Å²) in [5, 5.41) is 6.16. The highest BCUT2D eigenvalue weighted by molar-refractivity contribution is 5.82. The quantitative estimate of drug-likeness (QED) is 0.829. The third kappa shape index (κ3) is 3.47. The summed E-state index contributed by atoms with van der Waals surface area (Å²) in [5.41, 5.74) is 1.16. The third-order valence-corrected chi connectivity index (χ3v) is 3.07. The van der Waals surface area contributed by atoms with Gasteiger partial charge in [-0.2, -0.15) is 0 Å². The summed E-state index contributed by atoms with van der Waals surface area (Å²) in [5.74, 6) is 1.00. The van der Waals surface area contributed by atoms with E-state index in [1.807, 2.05) is 31.2 Å². The van der Waals surface area contributed by atoms with Gasteiger partial charge in [-0.15, -0.1) is 0 Å². The Morgan fingerprint density at radius 1 is 1.39 bits per heavy atom. The van der Waals surface area contributed by atoms with Crippen LogP contribution in [0.3, 0.4) is 0 Å². The maximum Gasteiger partial charge on any atom is 0.237 e. The molecule has 1 aromatic carbocycles. The monoisotopic (exact) mass is 248 g/mol. The molecule has 1 heterocycles. The summed E-state index contributed by atoms with van der Waals surface area (Å²) in [6.07, 6.45) is 1.97. The zero-order chi connectivity index (χ0) is 12.8. The van der Waals surface area contributed by atoms with Crippen LogP contribution in [0.15, 0.2) is 24.3 Å². The summed E-state index contributed by atoms with van der Waals surface area (Å²) in [6, 6.07) is 7.92. The summed E-state index contributed by atoms with van der Waals surface area (Å²) >= 11 is 0. The van der Waals surface area contributed by atoms with Gasteiger partial charge in [-0.05, 0) is 37.5 Å². The van der Waals surface area contributed by atoms with Crippen molar-refractivity contribution in [3.63, 3.8) is 0 Å². The van der Waals surface area contributed by atoms with Crippen LogP contribution in [0.2, 0.25) is 0 Å². The molecule has 2 N–H and O–H groups in total. The Labute approximate surface area is 108 Å². The van der Waals surface area contributed by atoms with Crippen LogP contribution in [-0.4, -0.2) is 25.1 Å². The van der Waals surface area contributed by atoms with E-state index < -0.39 is 0 Å². The van der Waals surface area contributed by atoms with E-state index in [2.05, 4.69) is 10.6 Å². The van der Waals surface area contributed by atoms with Gasteiger partial charge in [0, 0.05) is 13.1 Å². The topological polar surface area (TPSA) is 50.4 Å². The van der Waals surface area contributed by atoms with Gasteiger partial charge in [0.25, 0.3) is 0 Å². The molecule has 0 aromatic heterocycles. The van der Waals surface area contributed by atoms with Crippen molar-refractivity contribution in [3.8, 4) is 5.75 Å². The highest BCUT2D eigenvalue weighted by Gasteiger charge is 2.20. The molecule has 1 atom stereocenters. The normalized spacial score (nSPS) is 19.4. The molecular formula is C14H20N2O2. The van der Waals surface area contributed by atoms with Crippen LogP contribution >= 0.6 is 0 Å². The van der Waals surface area contributed by atoms with Crippen molar-refractivity contribution >= 4 is 5.91 Å². The Bertz CT molecular complexity index is 389. The van der Waals surface area contributed by atoms with Crippen molar-refractivity contribution < 1.29 is 9.53 Å². The molecule has 1 amide bonds. The molecule has 1 fully saturated rings. The van der Waals surface area contributed by atoms with Gasteiger partial charge in [0.1, 0.15) is 5.75 Å². The Morgan fingerprint density at radius 3 is 2.83 bits per heavy atom. The van der Waals surface area contributed by atoms with E-state index in [-0.39, 0.29) is 11.9 Å². The van der Waals surface area contributed by atoms with Gasteiger partial charge in [0.15, 0.2) is 0 Å². The number of hydrogen-bond donors (Lipinski definition) is 2. The van der Waals surface area contributed by atoms with Crippen molar-refractivity contribution in [2.75, 3.05) is 13.2 Å². The molecule has 1 unspecified atom stereocenters. The number of ether oxygens (including phenoxy) is 1. The first-order chi connectivity index (χ1) is 8.79. The minimum absolute atomic E-state index is 0.0506. The molecular weight excluding hydrogens is 228 g/mol. The standard InChI is InChI=1S/C14H20N2O2/c1-2-18-12-7-5-11(6-8-12)10-16-13-4-3-9-15-14(13)17/h5-8,13,16H,2-4,9-10H2,1H3,(H,15,17). The molecule has 1 aliphatic rings. The van der Waals surface area contributed by atoms with E-state index in [0.717, 1.165) is 30.7 Å². The van der Waals surface area contributed by atoms with Gasteiger partial charge in [-0.25, -0.2) is 0 Å². The zero-order valence-electron chi connectivity index (χ0n) is 10.7. The van der Waals surface area contributed by atoms with E-state index in [4.69, 9.17) is 4.74 Å². The maximum absolute atomic E-state index is 11.6. The van der Waals surface area contributed by atoms with E-state index in [1.165, 1.54) is 0 Å². The third-order valence-electron chi connectivity index (χ3n) is 3.07. The lowest BCUT2D eigenvalue weighted by molar-refractivity contribution is -0.124. The lowest BCUT2D eigenvalue weighted by Gasteiger charge is -2.22. The maximum atomic E-state index is 11.6. The second kappa shape index (κ2) is 6.40. The fourth-order valence-electron chi connectivity index (χ4n) is 2.08. The number of rotatable bonds is 5. The molecule has 0 bridgehead atoms. The summed E-state index contributed by atoms with van der Waals surface area (Å²) < 4.78 is 5.39. The van der Waals surface area contributed by atoms with E-state index in [0.29, 0.717) is 13.2 Å². The Kier molecular flexibility index (Phi) is 4.59. The van der Waals surface area contributed by atoms with E-state index >= 15 is 0 Å². The van der Waals surface area contributed by atoms with E-state index in [9.17, 15) is 4.79 Å². The van der Waals surface area contributed by atoms with Crippen molar-refractivity contribution in [3.05, 3.63) is 29.8 Å². The van der Waals surface area contributed by atoms with Crippen LogP contribution in [0.1, 0.15) is 25.3 Å². The molecule has 4 nitrogen and oxygen atoms in total. The predicted molar refractivity (Wildman–Crippen MR) is 70.5 cm³/mol. The van der Waals surface area contributed by atoms with Gasteiger partial charge in [0.05, 0.1) is 12.6 Å². The average molecular weight is 248 g/mol. The Hall–Kier alpha value is -1.55. The molecule has 2 rings (SSSR count). The van der Waals surface area contributed by atoms with Crippen molar-refractivity contribution in [1.29, 1.82) is 0 Å². The van der Waals surface area contributed by atoms with Gasteiger partial charge in [0.2, 0.25) is 5.91 Å². The molecule has 98 valence electrons. The minimum Gasteiger partial charge on any atom is -0.494 e. The summed E-state index contributed by atoms with van der Waals surface area (Å²) in [6.45, 7) is 4.17. The molecule has 0 spiro atoms. The van der Waals surface area contributed by atoms with Crippen LogP contribution in [-0.2, 0) is 11.3 Å². The first kappa shape index (κ1) is 12.9. The summed E-state index contributed by atoms with van der Waals surface area (Å²) in [7, 11) is 0. The fourth-order valence-corrected chi connectivity index (χ4v) is 2.08. The smallest absolute Gasteiger partial charge is 0.237 e. The summed E-state index contributed by atoms with van der Waals surface area (Å²) in [4.78, 5) is 11.6. The van der Waals surface area contributed by atoms with Gasteiger partial charge in [-0.1, -0.05) is 12.1 Å². The number of piperidine rings is 1. The Balaban J connectivity index is 1.83. The number of carbonyl (C=O) groups is 1. The molecule has 0 aliphatic carbocycles. The fraction of sp³-hybridized carbons (Fsp3) is 0.500. The highest BCUT2D eigenvalue weighted by atomic mass is 16.5.